The number of aromatic nitrogens is 2. The number of hydrogen-bond acceptors (Lipinski definition) is 4. The van der Waals surface area contributed by atoms with E-state index in [2.05, 4.69) is 11.6 Å². The third kappa shape index (κ3) is 2.01. The monoisotopic (exact) mass is 271 g/mol. The summed E-state index contributed by atoms with van der Waals surface area (Å²) in [4.78, 5) is 4.54. The molecule has 1 aromatic heterocycles. The van der Waals surface area contributed by atoms with E-state index in [0.717, 1.165) is 28.6 Å². The van der Waals surface area contributed by atoms with Crippen LogP contribution < -0.4 is 15.2 Å². The summed E-state index contributed by atoms with van der Waals surface area (Å²) in [5.74, 6) is 3.01. The molecule has 0 saturated heterocycles. The third-order valence-corrected chi connectivity index (χ3v) is 3.32. The van der Waals surface area contributed by atoms with Gasteiger partial charge in [0.05, 0.1) is 0 Å². The summed E-state index contributed by atoms with van der Waals surface area (Å²) in [6.45, 7) is 7.47. The van der Waals surface area contributed by atoms with E-state index in [-0.39, 0.29) is 0 Å². The van der Waals surface area contributed by atoms with Crippen molar-refractivity contribution in [3.63, 3.8) is 0 Å². The molecular formula is C15H17N3O2. The van der Waals surface area contributed by atoms with Crippen LogP contribution >= 0.6 is 0 Å². The number of aryl methyl sites for hydroxylation is 1. The molecule has 0 saturated carbocycles. The molecular weight excluding hydrogens is 254 g/mol. The van der Waals surface area contributed by atoms with Gasteiger partial charge in [-0.3, -0.25) is 0 Å². The van der Waals surface area contributed by atoms with Crippen molar-refractivity contribution in [3.05, 3.63) is 36.7 Å². The van der Waals surface area contributed by atoms with Crippen LogP contribution in [0.1, 0.15) is 5.82 Å². The fraction of sp³-hybridized carbons (Fsp3) is 0.267. The fourth-order valence-electron chi connectivity index (χ4n) is 2.34. The Balaban J connectivity index is 2.05. The second-order valence-electron chi connectivity index (χ2n) is 4.65. The SMILES string of the molecule is C=CCn1c(C)nc(-c2ccc3c(c2)OCCO3)c1N. The largest absolute Gasteiger partial charge is 0.486 e. The van der Waals surface area contributed by atoms with Crippen LogP contribution in [0.25, 0.3) is 11.3 Å². The van der Waals surface area contributed by atoms with Gasteiger partial charge in [-0.2, -0.15) is 0 Å². The van der Waals surface area contributed by atoms with E-state index in [1.165, 1.54) is 0 Å². The fourth-order valence-corrected chi connectivity index (χ4v) is 2.34. The molecule has 5 nitrogen and oxygen atoms in total. The Morgan fingerprint density at radius 3 is 2.85 bits per heavy atom. The van der Waals surface area contributed by atoms with Gasteiger partial charge in [0.25, 0.3) is 0 Å². The van der Waals surface area contributed by atoms with E-state index < -0.39 is 0 Å². The van der Waals surface area contributed by atoms with E-state index in [4.69, 9.17) is 15.2 Å². The highest BCUT2D eigenvalue weighted by Crippen LogP contribution is 2.36. The Morgan fingerprint density at radius 1 is 1.35 bits per heavy atom. The number of anilines is 1. The Morgan fingerprint density at radius 2 is 2.10 bits per heavy atom. The normalized spacial score (nSPS) is 13.2. The number of hydrogen-bond donors (Lipinski definition) is 1. The minimum atomic E-state index is 0.565. The second kappa shape index (κ2) is 4.92. The van der Waals surface area contributed by atoms with Crippen molar-refractivity contribution in [3.8, 4) is 22.8 Å². The van der Waals surface area contributed by atoms with Gasteiger partial charge in [-0.25, -0.2) is 4.98 Å². The smallest absolute Gasteiger partial charge is 0.162 e. The number of allylic oxidation sites excluding steroid dienone is 1. The molecule has 0 radical (unpaired) electrons. The van der Waals surface area contributed by atoms with Gasteiger partial charge >= 0.3 is 0 Å². The van der Waals surface area contributed by atoms with E-state index in [0.29, 0.717) is 25.6 Å². The molecule has 5 heteroatoms. The highest BCUT2D eigenvalue weighted by Gasteiger charge is 2.17. The number of nitrogen functional groups attached to an aromatic ring is 1. The molecule has 3 rings (SSSR count). The maximum Gasteiger partial charge on any atom is 0.162 e. The average Bonchev–Trinajstić information content (AvgIpc) is 2.75. The topological polar surface area (TPSA) is 62.3 Å². The molecule has 2 heterocycles. The molecule has 0 aliphatic carbocycles. The van der Waals surface area contributed by atoms with Crippen LogP contribution in [0.2, 0.25) is 0 Å². The standard InChI is InChI=1S/C15H17N3O2/c1-3-6-18-10(2)17-14(15(18)16)11-4-5-12-13(9-11)20-8-7-19-12/h3-5,9H,1,6-8,16H2,2H3. The third-order valence-electron chi connectivity index (χ3n) is 3.32. The zero-order valence-corrected chi connectivity index (χ0v) is 11.4. The first-order valence-corrected chi connectivity index (χ1v) is 6.54. The minimum absolute atomic E-state index is 0.565. The lowest BCUT2D eigenvalue weighted by atomic mass is 10.1. The number of nitrogens with two attached hydrogens (primary N) is 1. The Kier molecular flexibility index (Phi) is 3.10. The zero-order valence-electron chi connectivity index (χ0n) is 11.4. The van der Waals surface area contributed by atoms with E-state index in [9.17, 15) is 0 Å². The molecule has 0 amide bonds. The molecule has 1 aliphatic heterocycles. The number of benzene rings is 1. The molecule has 20 heavy (non-hydrogen) atoms. The number of fused-ring (bicyclic) bond motifs is 1. The van der Waals surface area contributed by atoms with Crippen LogP contribution in [0.15, 0.2) is 30.9 Å². The van der Waals surface area contributed by atoms with Gasteiger partial charge in [-0.15, -0.1) is 6.58 Å². The van der Waals surface area contributed by atoms with Gasteiger partial charge in [-0.1, -0.05) is 6.08 Å². The molecule has 0 spiro atoms. The summed E-state index contributed by atoms with van der Waals surface area (Å²) in [5.41, 5.74) is 7.87. The highest BCUT2D eigenvalue weighted by atomic mass is 16.6. The molecule has 0 unspecified atom stereocenters. The van der Waals surface area contributed by atoms with Crippen molar-refractivity contribution in [2.24, 2.45) is 0 Å². The first-order chi connectivity index (χ1) is 9.70. The predicted octanol–water partition coefficient (Wildman–Crippen LogP) is 2.40. The van der Waals surface area contributed by atoms with Crippen LogP contribution in [0.3, 0.4) is 0 Å². The van der Waals surface area contributed by atoms with Gasteiger partial charge in [-0.05, 0) is 25.1 Å². The van der Waals surface area contributed by atoms with Crippen molar-refractivity contribution < 1.29 is 9.47 Å². The van der Waals surface area contributed by atoms with Crippen LogP contribution in [-0.4, -0.2) is 22.8 Å². The summed E-state index contributed by atoms with van der Waals surface area (Å²) in [7, 11) is 0. The van der Waals surface area contributed by atoms with Gasteiger partial charge in [0.1, 0.15) is 30.5 Å². The summed E-state index contributed by atoms with van der Waals surface area (Å²) in [5, 5.41) is 0. The molecule has 0 fully saturated rings. The first kappa shape index (κ1) is 12.6. The molecule has 0 bridgehead atoms. The molecule has 2 aromatic rings. The van der Waals surface area contributed by atoms with Crippen molar-refractivity contribution >= 4 is 5.82 Å². The maximum absolute atomic E-state index is 6.18. The summed E-state index contributed by atoms with van der Waals surface area (Å²) in [6, 6.07) is 5.76. The van der Waals surface area contributed by atoms with Crippen molar-refractivity contribution in [2.75, 3.05) is 18.9 Å². The maximum atomic E-state index is 6.18. The number of nitrogens with zero attached hydrogens (tertiary/aromatic N) is 2. The predicted molar refractivity (Wildman–Crippen MR) is 78.0 cm³/mol. The molecule has 2 N–H and O–H groups in total. The lowest BCUT2D eigenvalue weighted by Crippen LogP contribution is -2.15. The van der Waals surface area contributed by atoms with Crippen LogP contribution in [0.4, 0.5) is 5.82 Å². The molecule has 104 valence electrons. The van der Waals surface area contributed by atoms with Crippen molar-refractivity contribution in [1.29, 1.82) is 0 Å². The average molecular weight is 271 g/mol. The summed E-state index contributed by atoms with van der Waals surface area (Å²) < 4.78 is 13.0. The van der Waals surface area contributed by atoms with Gasteiger partial charge in [0.15, 0.2) is 11.5 Å². The lowest BCUT2D eigenvalue weighted by molar-refractivity contribution is 0.171. The van der Waals surface area contributed by atoms with Crippen LogP contribution in [-0.2, 0) is 6.54 Å². The quantitative estimate of drug-likeness (QED) is 0.871. The minimum Gasteiger partial charge on any atom is -0.486 e. The lowest BCUT2D eigenvalue weighted by Gasteiger charge is -2.18. The Labute approximate surface area is 117 Å². The Hall–Kier alpha value is -2.43. The molecule has 1 aromatic carbocycles. The number of ether oxygens (including phenoxy) is 2. The molecule has 0 atom stereocenters. The first-order valence-electron chi connectivity index (χ1n) is 6.54. The van der Waals surface area contributed by atoms with Gasteiger partial charge in [0.2, 0.25) is 0 Å². The van der Waals surface area contributed by atoms with Crippen LogP contribution in [0.5, 0.6) is 11.5 Å². The second-order valence-corrected chi connectivity index (χ2v) is 4.65. The van der Waals surface area contributed by atoms with Crippen molar-refractivity contribution in [2.45, 2.75) is 13.5 Å². The van der Waals surface area contributed by atoms with Gasteiger partial charge in [0, 0.05) is 12.1 Å². The Bertz CT molecular complexity index is 661. The van der Waals surface area contributed by atoms with Crippen LogP contribution in [0, 0.1) is 6.92 Å². The highest BCUT2D eigenvalue weighted by molar-refractivity contribution is 5.73. The summed E-state index contributed by atoms with van der Waals surface area (Å²) in [6.07, 6.45) is 1.80. The van der Waals surface area contributed by atoms with Crippen molar-refractivity contribution in [1.82, 2.24) is 9.55 Å². The zero-order chi connectivity index (χ0) is 14.1. The number of rotatable bonds is 3. The van der Waals surface area contributed by atoms with Gasteiger partial charge < -0.3 is 19.8 Å². The molecule has 1 aliphatic rings. The number of imidazole rings is 1. The van der Waals surface area contributed by atoms with E-state index in [1.807, 2.05) is 29.7 Å². The summed E-state index contributed by atoms with van der Waals surface area (Å²) >= 11 is 0. The van der Waals surface area contributed by atoms with E-state index in [1.54, 1.807) is 6.08 Å². The van der Waals surface area contributed by atoms with E-state index >= 15 is 0 Å².